The van der Waals surface area contributed by atoms with Crippen LogP contribution in [0.4, 0.5) is 13.2 Å². The van der Waals surface area contributed by atoms with Crippen LogP contribution in [-0.4, -0.2) is 49.5 Å². The third-order valence-corrected chi connectivity index (χ3v) is 6.00. The number of carbonyl (C=O) groups is 2. The van der Waals surface area contributed by atoms with Gasteiger partial charge in [0.2, 0.25) is 0 Å². The number of hydrogen-bond donors (Lipinski definition) is 0. The molecule has 1 amide bonds. The molecule has 0 N–H and O–H groups in total. The summed E-state index contributed by atoms with van der Waals surface area (Å²) >= 11 is 0. The van der Waals surface area contributed by atoms with Crippen LogP contribution >= 0.6 is 0 Å². The predicted octanol–water partition coefficient (Wildman–Crippen LogP) is 4.36. The second-order valence-corrected chi connectivity index (χ2v) is 7.96. The lowest BCUT2D eigenvalue weighted by atomic mass is 9.82. The summed E-state index contributed by atoms with van der Waals surface area (Å²) in [4.78, 5) is 27.3. The van der Waals surface area contributed by atoms with Crippen molar-refractivity contribution in [3.8, 4) is 17.2 Å². The lowest BCUT2D eigenvalue weighted by molar-refractivity contribution is -0.137. The van der Waals surface area contributed by atoms with Crippen molar-refractivity contribution in [3.63, 3.8) is 0 Å². The highest BCUT2D eigenvalue weighted by molar-refractivity contribution is 6.03. The Morgan fingerprint density at radius 2 is 1.72 bits per heavy atom. The van der Waals surface area contributed by atoms with Gasteiger partial charge in [-0.1, -0.05) is 0 Å². The smallest absolute Gasteiger partial charge is 0.416 e. The molecule has 0 saturated carbocycles. The Bertz CT molecular complexity index is 1040. The Morgan fingerprint density at radius 1 is 1.06 bits per heavy atom. The van der Waals surface area contributed by atoms with E-state index in [0.29, 0.717) is 48.7 Å². The number of benzene rings is 2. The topological polar surface area (TPSA) is 65.1 Å². The summed E-state index contributed by atoms with van der Waals surface area (Å²) < 4.78 is 55.1. The fourth-order valence-corrected chi connectivity index (χ4v) is 4.23. The molecule has 0 bridgehead atoms. The number of halogens is 3. The Kier molecular flexibility index (Phi) is 5.52. The quantitative estimate of drug-likeness (QED) is 0.697. The first-order valence-corrected chi connectivity index (χ1v) is 10.1. The molecule has 0 radical (unpaired) electrons. The number of hydrogen-bond acceptors (Lipinski definition) is 5. The molecule has 1 saturated heterocycles. The summed E-state index contributed by atoms with van der Waals surface area (Å²) in [5.41, 5.74) is -0.986. The van der Waals surface area contributed by atoms with E-state index in [1.54, 1.807) is 17.0 Å². The van der Waals surface area contributed by atoms with Crippen LogP contribution in [0.15, 0.2) is 36.4 Å². The van der Waals surface area contributed by atoms with Crippen molar-refractivity contribution >= 4 is 11.7 Å². The maximum Gasteiger partial charge on any atom is 0.416 e. The Balaban J connectivity index is 1.49. The van der Waals surface area contributed by atoms with Crippen LogP contribution in [0.25, 0.3) is 0 Å². The molecule has 2 aliphatic rings. The average Bonchev–Trinajstić information content (AvgIpc) is 2.77. The van der Waals surface area contributed by atoms with Crippen molar-refractivity contribution in [2.45, 2.75) is 31.0 Å². The van der Waals surface area contributed by atoms with E-state index in [0.717, 1.165) is 12.1 Å². The molecule has 6 nitrogen and oxygen atoms in total. The van der Waals surface area contributed by atoms with Crippen LogP contribution in [0.1, 0.15) is 45.5 Å². The SMILES string of the molecule is COc1cc(OC)c2c(c1)OC1(CCN(C(=O)c3ccc(C(F)(F)F)cc3)CC1)CC2=O. The zero-order valence-corrected chi connectivity index (χ0v) is 17.6. The Hall–Kier alpha value is -3.23. The number of methoxy groups -OCH3 is 2. The number of fused-ring (bicyclic) bond motifs is 1. The van der Waals surface area contributed by atoms with Gasteiger partial charge in [0.05, 0.1) is 26.2 Å². The van der Waals surface area contributed by atoms with E-state index < -0.39 is 17.3 Å². The molecule has 4 rings (SSSR count). The molecular formula is C23H22F3NO5. The molecule has 2 aliphatic heterocycles. The summed E-state index contributed by atoms with van der Waals surface area (Å²) in [5, 5.41) is 0. The minimum absolute atomic E-state index is 0.103. The summed E-state index contributed by atoms with van der Waals surface area (Å²) in [7, 11) is 2.98. The maximum absolute atomic E-state index is 12.9. The number of Topliss-reactive ketones (excluding diaryl/α,β-unsaturated/α-hetero) is 1. The number of carbonyl (C=O) groups excluding carboxylic acids is 2. The summed E-state index contributed by atoms with van der Waals surface area (Å²) in [5.74, 6) is 0.821. The average molecular weight is 449 g/mol. The van der Waals surface area contributed by atoms with Gasteiger partial charge in [0.1, 0.15) is 28.4 Å². The van der Waals surface area contributed by atoms with E-state index in [4.69, 9.17) is 14.2 Å². The number of piperidine rings is 1. The molecule has 2 aromatic rings. The minimum Gasteiger partial charge on any atom is -0.496 e. The van der Waals surface area contributed by atoms with Crippen molar-refractivity contribution in [1.29, 1.82) is 0 Å². The Morgan fingerprint density at radius 3 is 2.28 bits per heavy atom. The van der Waals surface area contributed by atoms with Crippen LogP contribution in [0.2, 0.25) is 0 Å². The monoisotopic (exact) mass is 449 g/mol. The molecule has 2 aromatic carbocycles. The molecule has 0 atom stereocenters. The first kappa shape index (κ1) is 22.0. The fourth-order valence-electron chi connectivity index (χ4n) is 4.23. The zero-order valence-electron chi connectivity index (χ0n) is 17.6. The van der Waals surface area contributed by atoms with Crippen LogP contribution < -0.4 is 14.2 Å². The number of ketones is 1. The predicted molar refractivity (Wildman–Crippen MR) is 108 cm³/mol. The highest BCUT2D eigenvalue weighted by Crippen LogP contribution is 2.44. The summed E-state index contributed by atoms with van der Waals surface area (Å²) in [6, 6.07) is 7.45. The van der Waals surface area contributed by atoms with Gasteiger partial charge in [-0.25, -0.2) is 0 Å². The molecule has 1 spiro atoms. The van der Waals surface area contributed by atoms with Crippen molar-refractivity contribution in [1.82, 2.24) is 4.90 Å². The van der Waals surface area contributed by atoms with Crippen molar-refractivity contribution < 1.29 is 37.0 Å². The first-order chi connectivity index (χ1) is 15.2. The number of nitrogens with zero attached hydrogens (tertiary/aromatic N) is 1. The van der Waals surface area contributed by atoms with Gasteiger partial charge in [-0.2, -0.15) is 13.2 Å². The van der Waals surface area contributed by atoms with Crippen molar-refractivity contribution in [2.24, 2.45) is 0 Å². The van der Waals surface area contributed by atoms with E-state index in [1.807, 2.05) is 0 Å². The van der Waals surface area contributed by atoms with Crippen molar-refractivity contribution in [3.05, 3.63) is 53.1 Å². The van der Waals surface area contributed by atoms with E-state index in [1.165, 1.54) is 26.4 Å². The zero-order chi connectivity index (χ0) is 23.1. The third kappa shape index (κ3) is 3.99. The van der Waals surface area contributed by atoms with Gasteiger partial charge in [-0.05, 0) is 24.3 Å². The molecule has 2 heterocycles. The molecule has 170 valence electrons. The van der Waals surface area contributed by atoms with Crippen LogP contribution in [0, 0.1) is 0 Å². The summed E-state index contributed by atoms with van der Waals surface area (Å²) in [6.45, 7) is 0.646. The molecule has 0 unspecified atom stereocenters. The van der Waals surface area contributed by atoms with E-state index in [9.17, 15) is 22.8 Å². The number of alkyl halides is 3. The molecular weight excluding hydrogens is 427 g/mol. The lowest BCUT2D eigenvalue weighted by Gasteiger charge is -2.44. The summed E-state index contributed by atoms with van der Waals surface area (Å²) in [6.07, 6.45) is -3.45. The van der Waals surface area contributed by atoms with E-state index >= 15 is 0 Å². The van der Waals surface area contributed by atoms with E-state index in [2.05, 4.69) is 0 Å². The van der Waals surface area contributed by atoms with Gasteiger partial charge in [-0.3, -0.25) is 9.59 Å². The van der Waals surface area contributed by atoms with Gasteiger partial charge in [0.25, 0.3) is 5.91 Å². The molecule has 0 aromatic heterocycles. The standard InChI is InChI=1S/C23H22F3NO5/c1-30-16-11-18(31-2)20-17(28)13-22(32-19(20)12-16)7-9-27(10-8-22)21(29)14-3-5-15(6-4-14)23(24,25)26/h3-6,11-12H,7-10,13H2,1-2H3. The maximum atomic E-state index is 12.9. The molecule has 32 heavy (non-hydrogen) atoms. The van der Waals surface area contributed by atoms with Gasteiger partial charge < -0.3 is 19.1 Å². The second kappa shape index (κ2) is 8.03. The van der Waals surface area contributed by atoms with Crippen molar-refractivity contribution in [2.75, 3.05) is 27.3 Å². The minimum atomic E-state index is -4.45. The number of ether oxygens (including phenoxy) is 3. The second-order valence-electron chi connectivity index (χ2n) is 7.96. The number of likely N-dealkylation sites (tertiary alicyclic amines) is 1. The first-order valence-electron chi connectivity index (χ1n) is 10.1. The highest BCUT2D eigenvalue weighted by Gasteiger charge is 2.45. The molecule has 0 aliphatic carbocycles. The number of amides is 1. The van der Waals surface area contributed by atoms with Gasteiger partial charge in [0, 0.05) is 43.6 Å². The van der Waals surface area contributed by atoms with Crippen LogP contribution in [-0.2, 0) is 6.18 Å². The lowest BCUT2D eigenvalue weighted by Crippen LogP contribution is -2.52. The highest BCUT2D eigenvalue weighted by atomic mass is 19.4. The fraction of sp³-hybridized carbons (Fsp3) is 0.391. The van der Waals surface area contributed by atoms with Gasteiger partial charge in [-0.15, -0.1) is 0 Å². The molecule has 1 fully saturated rings. The van der Waals surface area contributed by atoms with Crippen LogP contribution in [0.5, 0.6) is 17.2 Å². The third-order valence-electron chi connectivity index (χ3n) is 6.00. The molecule has 9 heteroatoms. The van der Waals surface area contributed by atoms with Crippen LogP contribution in [0.3, 0.4) is 0 Å². The largest absolute Gasteiger partial charge is 0.496 e. The van der Waals surface area contributed by atoms with Gasteiger partial charge >= 0.3 is 6.18 Å². The van der Waals surface area contributed by atoms with Gasteiger partial charge in [0.15, 0.2) is 5.78 Å². The van der Waals surface area contributed by atoms with E-state index in [-0.39, 0.29) is 23.7 Å². The Labute approximate surface area is 182 Å². The normalized spacial score (nSPS) is 17.5. The number of rotatable bonds is 3.